The molecule has 3 rings (SSSR count). The largest absolute Gasteiger partial charge is 0.299 e. The van der Waals surface area contributed by atoms with Crippen LogP contribution >= 0.6 is 0 Å². The summed E-state index contributed by atoms with van der Waals surface area (Å²) < 4.78 is 25.7. The summed E-state index contributed by atoms with van der Waals surface area (Å²) in [5.41, 5.74) is 1.36. The van der Waals surface area contributed by atoms with E-state index in [-0.39, 0.29) is 28.0 Å². The smallest absolute Gasteiger partial charge is 0.140 e. The van der Waals surface area contributed by atoms with Crippen molar-refractivity contribution in [2.75, 3.05) is 0 Å². The highest BCUT2D eigenvalue weighted by Crippen LogP contribution is 2.37. The number of benzene rings is 1. The van der Waals surface area contributed by atoms with Gasteiger partial charge >= 0.3 is 0 Å². The zero-order chi connectivity index (χ0) is 15.0. The summed E-state index contributed by atoms with van der Waals surface area (Å²) in [7, 11) is -0.739. The molecule has 21 heavy (non-hydrogen) atoms. The van der Waals surface area contributed by atoms with Crippen LogP contribution < -0.4 is 0 Å². The van der Waals surface area contributed by atoms with Crippen LogP contribution in [0.15, 0.2) is 18.2 Å². The summed E-state index contributed by atoms with van der Waals surface area (Å²) in [6, 6.07) is 5.02. The van der Waals surface area contributed by atoms with Gasteiger partial charge in [-0.05, 0) is 49.8 Å². The number of carbonyl (C=O) groups is 1. The highest BCUT2D eigenvalue weighted by atomic mass is 32.2. The maximum Gasteiger partial charge on any atom is 0.140 e. The molecule has 2 saturated heterocycles. The summed E-state index contributed by atoms with van der Waals surface area (Å²) in [6.07, 6.45) is 4.95. The van der Waals surface area contributed by atoms with E-state index in [1.54, 1.807) is 13.0 Å². The molecule has 0 spiro atoms. The summed E-state index contributed by atoms with van der Waals surface area (Å²) in [5, 5.41) is 0.419. The average molecular weight is 308 g/mol. The van der Waals surface area contributed by atoms with E-state index in [1.807, 2.05) is 6.07 Å². The van der Waals surface area contributed by atoms with Crippen molar-refractivity contribution < 1.29 is 13.4 Å². The quantitative estimate of drug-likeness (QED) is 0.858. The molecule has 2 aliphatic rings. The van der Waals surface area contributed by atoms with Gasteiger partial charge in [-0.3, -0.25) is 9.00 Å². The molecule has 0 amide bonds. The third-order valence-corrected chi connectivity index (χ3v) is 7.04. The molecule has 0 N–H and O–H groups in total. The van der Waals surface area contributed by atoms with E-state index in [0.717, 1.165) is 37.7 Å². The van der Waals surface area contributed by atoms with Gasteiger partial charge in [0, 0.05) is 33.6 Å². The Labute approximate surface area is 127 Å². The molecule has 2 unspecified atom stereocenters. The topological polar surface area (TPSA) is 34.1 Å². The van der Waals surface area contributed by atoms with E-state index >= 15 is 0 Å². The minimum atomic E-state index is -0.739. The first-order valence-electron chi connectivity index (χ1n) is 7.71. The number of hydrogen-bond acceptors (Lipinski definition) is 2. The Hall–Kier alpha value is -1.03. The summed E-state index contributed by atoms with van der Waals surface area (Å²) in [6.45, 7) is 1.72. The van der Waals surface area contributed by atoms with Crippen LogP contribution in [0, 0.1) is 18.7 Å². The Balaban J connectivity index is 1.68. The van der Waals surface area contributed by atoms with Gasteiger partial charge in [-0.1, -0.05) is 18.6 Å². The van der Waals surface area contributed by atoms with Crippen molar-refractivity contribution in [3.63, 3.8) is 0 Å². The number of fused-ring (bicyclic) bond motifs is 2. The SMILES string of the molecule is Cc1ccc(CC(=O)C2CC3CCCC(C2)S3=O)cc1F. The Morgan fingerprint density at radius 2 is 1.95 bits per heavy atom. The lowest BCUT2D eigenvalue weighted by Crippen LogP contribution is -2.41. The summed E-state index contributed by atoms with van der Waals surface area (Å²) >= 11 is 0. The number of hydrogen-bond donors (Lipinski definition) is 0. The number of aryl methyl sites for hydroxylation is 1. The van der Waals surface area contributed by atoms with Gasteiger partial charge in [0.1, 0.15) is 11.6 Å². The molecule has 2 fully saturated rings. The first-order valence-corrected chi connectivity index (χ1v) is 8.99. The van der Waals surface area contributed by atoms with Crippen LogP contribution in [0.25, 0.3) is 0 Å². The van der Waals surface area contributed by atoms with Gasteiger partial charge in [0.05, 0.1) is 0 Å². The second-order valence-corrected chi connectivity index (χ2v) is 8.39. The van der Waals surface area contributed by atoms with Crippen LogP contribution in [0.2, 0.25) is 0 Å². The first-order chi connectivity index (χ1) is 10.0. The molecule has 2 heterocycles. The predicted octanol–water partition coefficient (Wildman–Crippen LogP) is 3.33. The molecular weight excluding hydrogens is 287 g/mol. The maximum atomic E-state index is 13.6. The van der Waals surface area contributed by atoms with Crippen molar-refractivity contribution in [3.8, 4) is 0 Å². The predicted molar refractivity (Wildman–Crippen MR) is 82.1 cm³/mol. The minimum absolute atomic E-state index is 0.0161. The molecule has 114 valence electrons. The fraction of sp³-hybridized carbons (Fsp3) is 0.588. The van der Waals surface area contributed by atoms with Crippen molar-refractivity contribution in [1.29, 1.82) is 0 Å². The molecule has 1 aromatic carbocycles. The fourth-order valence-electron chi connectivity index (χ4n) is 3.59. The van der Waals surface area contributed by atoms with Gasteiger partial charge in [-0.15, -0.1) is 0 Å². The molecule has 0 radical (unpaired) electrons. The van der Waals surface area contributed by atoms with Gasteiger partial charge in [0.15, 0.2) is 0 Å². The fourth-order valence-corrected chi connectivity index (χ4v) is 5.77. The lowest BCUT2D eigenvalue weighted by molar-refractivity contribution is -0.122. The van der Waals surface area contributed by atoms with E-state index < -0.39 is 10.8 Å². The lowest BCUT2D eigenvalue weighted by Gasteiger charge is -2.37. The molecule has 1 aromatic rings. The standard InChI is InChI=1S/C17H21FO2S/c1-11-5-6-12(7-16(11)18)8-17(19)13-9-14-3-2-4-15(10-13)21(14)20/h5-7,13-15H,2-4,8-10H2,1H3. The summed E-state index contributed by atoms with van der Waals surface area (Å²) in [4.78, 5) is 12.5. The first kappa shape index (κ1) is 14.9. The molecule has 2 nitrogen and oxygen atoms in total. The third kappa shape index (κ3) is 3.10. The highest BCUT2D eigenvalue weighted by Gasteiger charge is 2.40. The van der Waals surface area contributed by atoms with Crippen molar-refractivity contribution in [2.45, 2.75) is 55.9 Å². The van der Waals surface area contributed by atoms with E-state index in [9.17, 15) is 13.4 Å². The molecule has 0 saturated carbocycles. The number of Topliss-reactive ketones (excluding diaryl/α,β-unsaturated/α-hetero) is 1. The van der Waals surface area contributed by atoms with Crippen LogP contribution in [0.4, 0.5) is 4.39 Å². The molecule has 4 heteroatoms. The molecule has 0 aromatic heterocycles. The number of ketones is 1. The highest BCUT2D eigenvalue weighted by molar-refractivity contribution is 7.86. The van der Waals surface area contributed by atoms with Crippen LogP contribution in [0.1, 0.15) is 43.2 Å². The maximum absolute atomic E-state index is 13.6. The normalized spacial score (nSPS) is 31.9. The van der Waals surface area contributed by atoms with Gasteiger partial charge < -0.3 is 0 Å². The molecule has 2 atom stereocenters. The second-order valence-electron chi connectivity index (χ2n) is 6.40. The molecule has 2 aliphatic heterocycles. The number of halogens is 1. The Morgan fingerprint density at radius 1 is 1.29 bits per heavy atom. The second kappa shape index (κ2) is 5.99. The zero-order valence-electron chi connectivity index (χ0n) is 12.3. The van der Waals surface area contributed by atoms with E-state index in [0.29, 0.717) is 12.0 Å². The lowest BCUT2D eigenvalue weighted by atomic mass is 9.85. The number of rotatable bonds is 3. The van der Waals surface area contributed by atoms with E-state index in [1.165, 1.54) is 6.07 Å². The average Bonchev–Trinajstić information content (AvgIpc) is 2.42. The van der Waals surface area contributed by atoms with Gasteiger partial charge in [-0.25, -0.2) is 4.39 Å². The van der Waals surface area contributed by atoms with Crippen LogP contribution in [-0.2, 0) is 22.0 Å². The van der Waals surface area contributed by atoms with Gasteiger partial charge in [0.25, 0.3) is 0 Å². The Bertz CT molecular complexity index is 568. The van der Waals surface area contributed by atoms with Crippen LogP contribution in [0.3, 0.4) is 0 Å². The van der Waals surface area contributed by atoms with Crippen molar-refractivity contribution in [1.82, 2.24) is 0 Å². The Morgan fingerprint density at radius 3 is 2.57 bits per heavy atom. The van der Waals surface area contributed by atoms with Crippen LogP contribution in [0.5, 0.6) is 0 Å². The molecule has 0 aliphatic carbocycles. The summed E-state index contributed by atoms with van der Waals surface area (Å²) in [5.74, 6) is -0.0452. The van der Waals surface area contributed by atoms with Crippen LogP contribution in [-0.4, -0.2) is 20.5 Å². The third-order valence-electron chi connectivity index (χ3n) is 4.87. The monoisotopic (exact) mass is 308 g/mol. The zero-order valence-corrected chi connectivity index (χ0v) is 13.1. The minimum Gasteiger partial charge on any atom is -0.299 e. The number of carbonyl (C=O) groups excluding carboxylic acids is 1. The Kier molecular flexibility index (Phi) is 4.25. The van der Waals surface area contributed by atoms with Gasteiger partial charge in [0.2, 0.25) is 0 Å². The van der Waals surface area contributed by atoms with Crippen molar-refractivity contribution in [3.05, 3.63) is 35.1 Å². The van der Waals surface area contributed by atoms with Gasteiger partial charge in [-0.2, -0.15) is 0 Å². The molecule has 2 bridgehead atoms. The van der Waals surface area contributed by atoms with Crippen molar-refractivity contribution in [2.24, 2.45) is 5.92 Å². The molecular formula is C17H21FO2S. The van der Waals surface area contributed by atoms with E-state index in [2.05, 4.69) is 0 Å². The van der Waals surface area contributed by atoms with E-state index in [4.69, 9.17) is 0 Å². The van der Waals surface area contributed by atoms with Crippen molar-refractivity contribution >= 4 is 16.6 Å².